The Labute approximate surface area is 191 Å². The largest absolute Gasteiger partial charge is 0.497 e. The maximum Gasteiger partial charge on any atom is 0.260 e. The standard InChI is InChI=1S/C22H25N3O4S.ClH/c1-27-17-5-3-16(4-6-17)21(26)25(10-9-24-11-13-29-14-12-24)22-23-19-15-18(28-2)7-8-20(19)30-22;/h3-8,15H,9-14H2,1-2H3;1H. The van der Waals surface area contributed by atoms with E-state index in [4.69, 9.17) is 19.2 Å². The van der Waals surface area contributed by atoms with Gasteiger partial charge < -0.3 is 14.2 Å². The Morgan fingerprint density at radius 2 is 1.77 bits per heavy atom. The molecule has 0 N–H and O–H groups in total. The van der Waals surface area contributed by atoms with Crippen LogP contribution in [0.25, 0.3) is 10.2 Å². The second-order valence-electron chi connectivity index (χ2n) is 6.97. The van der Waals surface area contributed by atoms with Gasteiger partial charge in [-0.05, 0) is 36.4 Å². The molecule has 2 heterocycles. The molecule has 0 atom stereocenters. The number of rotatable bonds is 7. The number of halogens is 1. The molecule has 1 aliphatic heterocycles. The van der Waals surface area contributed by atoms with Crippen LogP contribution in [0.3, 0.4) is 0 Å². The number of nitrogens with zero attached hydrogens (tertiary/aromatic N) is 3. The summed E-state index contributed by atoms with van der Waals surface area (Å²) < 4.78 is 17.0. The van der Waals surface area contributed by atoms with Crippen molar-refractivity contribution in [2.75, 3.05) is 58.5 Å². The van der Waals surface area contributed by atoms with E-state index in [2.05, 4.69) is 4.90 Å². The predicted molar refractivity (Wildman–Crippen MR) is 125 cm³/mol. The van der Waals surface area contributed by atoms with E-state index in [1.165, 1.54) is 11.3 Å². The van der Waals surface area contributed by atoms with Crippen molar-refractivity contribution in [2.24, 2.45) is 0 Å². The number of hydrogen-bond donors (Lipinski definition) is 0. The highest BCUT2D eigenvalue weighted by Crippen LogP contribution is 2.32. The Kier molecular flexibility index (Phi) is 8.09. The van der Waals surface area contributed by atoms with Gasteiger partial charge in [0.05, 0.1) is 37.6 Å². The summed E-state index contributed by atoms with van der Waals surface area (Å²) in [6.07, 6.45) is 0. The number of thiazole rings is 1. The molecule has 0 saturated carbocycles. The monoisotopic (exact) mass is 463 g/mol. The van der Waals surface area contributed by atoms with Crippen molar-refractivity contribution in [3.8, 4) is 11.5 Å². The maximum absolute atomic E-state index is 13.4. The Hall–Kier alpha value is -2.39. The van der Waals surface area contributed by atoms with E-state index >= 15 is 0 Å². The summed E-state index contributed by atoms with van der Waals surface area (Å²) in [5.74, 6) is 1.40. The molecule has 1 aliphatic rings. The fraction of sp³-hybridized carbons (Fsp3) is 0.364. The molecule has 0 aliphatic carbocycles. The number of morpholine rings is 1. The average Bonchev–Trinajstić information content (AvgIpc) is 3.22. The van der Waals surface area contributed by atoms with E-state index in [1.807, 2.05) is 18.2 Å². The maximum atomic E-state index is 13.4. The van der Waals surface area contributed by atoms with Gasteiger partial charge in [-0.3, -0.25) is 14.6 Å². The van der Waals surface area contributed by atoms with Crippen LogP contribution >= 0.6 is 23.7 Å². The van der Waals surface area contributed by atoms with Crippen LogP contribution in [0.5, 0.6) is 11.5 Å². The molecule has 1 fully saturated rings. The van der Waals surface area contributed by atoms with Gasteiger partial charge in [0, 0.05) is 37.8 Å². The smallest absolute Gasteiger partial charge is 0.260 e. The van der Waals surface area contributed by atoms with Gasteiger partial charge in [0.25, 0.3) is 5.91 Å². The third-order valence-electron chi connectivity index (χ3n) is 5.14. The quantitative estimate of drug-likeness (QED) is 0.532. The van der Waals surface area contributed by atoms with Crippen LogP contribution in [-0.2, 0) is 4.74 Å². The van der Waals surface area contributed by atoms with Crippen molar-refractivity contribution in [1.82, 2.24) is 9.88 Å². The van der Waals surface area contributed by atoms with Gasteiger partial charge in [0.2, 0.25) is 0 Å². The van der Waals surface area contributed by atoms with Gasteiger partial charge in [-0.15, -0.1) is 12.4 Å². The zero-order chi connectivity index (χ0) is 20.9. The number of benzene rings is 2. The fourth-order valence-electron chi connectivity index (χ4n) is 3.38. The molecule has 1 saturated heterocycles. The lowest BCUT2D eigenvalue weighted by Gasteiger charge is -2.29. The highest BCUT2D eigenvalue weighted by atomic mass is 35.5. The second kappa shape index (κ2) is 10.8. The topological polar surface area (TPSA) is 64.1 Å². The third-order valence-corrected chi connectivity index (χ3v) is 6.20. The van der Waals surface area contributed by atoms with Gasteiger partial charge in [0.1, 0.15) is 11.5 Å². The van der Waals surface area contributed by atoms with Crippen LogP contribution in [0.15, 0.2) is 42.5 Å². The van der Waals surface area contributed by atoms with Crippen molar-refractivity contribution in [3.63, 3.8) is 0 Å². The number of carbonyl (C=O) groups is 1. The second-order valence-corrected chi connectivity index (χ2v) is 7.98. The molecule has 4 rings (SSSR count). The third kappa shape index (κ3) is 5.46. The Balaban J connectivity index is 0.00000272. The molecule has 31 heavy (non-hydrogen) atoms. The van der Waals surface area contributed by atoms with Crippen molar-refractivity contribution < 1.29 is 19.0 Å². The zero-order valence-corrected chi connectivity index (χ0v) is 19.2. The number of hydrogen-bond acceptors (Lipinski definition) is 7. The fourth-order valence-corrected chi connectivity index (χ4v) is 4.35. The lowest BCUT2D eigenvalue weighted by Crippen LogP contribution is -2.43. The summed E-state index contributed by atoms with van der Waals surface area (Å²) >= 11 is 1.51. The van der Waals surface area contributed by atoms with Gasteiger partial charge in [-0.1, -0.05) is 11.3 Å². The highest BCUT2D eigenvalue weighted by molar-refractivity contribution is 7.22. The van der Waals surface area contributed by atoms with Crippen LogP contribution in [0.2, 0.25) is 0 Å². The van der Waals surface area contributed by atoms with E-state index in [-0.39, 0.29) is 18.3 Å². The zero-order valence-electron chi connectivity index (χ0n) is 17.6. The summed E-state index contributed by atoms with van der Waals surface area (Å²) in [6.45, 7) is 4.54. The molecule has 0 unspecified atom stereocenters. The molecule has 3 aromatic rings. The first-order valence-corrected chi connectivity index (χ1v) is 10.7. The highest BCUT2D eigenvalue weighted by Gasteiger charge is 2.23. The number of ether oxygens (including phenoxy) is 3. The van der Waals surface area contributed by atoms with Gasteiger partial charge in [-0.2, -0.15) is 0 Å². The van der Waals surface area contributed by atoms with Crippen molar-refractivity contribution in [2.45, 2.75) is 0 Å². The molecular formula is C22H26ClN3O4S. The summed E-state index contributed by atoms with van der Waals surface area (Å²) in [5, 5.41) is 0.687. The summed E-state index contributed by atoms with van der Waals surface area (Å²) in [6, 6.07) is 13.0. The number of fused-ring (bicyclic) bond motifs is 1. The molecule has 0 radical (unpaired) electrons. The minimum Gasteiger partial charge on any atom is -0.497 e. The number of carbonyl (C=O) groups excluding carboxylic acids is 1. The lowest BCUT2D eigenvalue weighted by atomic mass is 10.2. The summed E-state index contributed by atoms with van der Waals surface area (Å²) in [4.78, 5) is 22.2. The van der Waals surface area contributed by atoms with Crippen molar-refractivity contribution in [1.29, 1.82) is 0 Å². The van der Waals surface area contributed by atoms with Crippen LogP contribution in [0, 0.1) is 0 Å². The molecule has 1 amide bonds. The van der Waals surface area contributed by atoms with E-state index in [9.17, 15) is 4.79 Å². The molecule has 0 bridgehead atoms. The van der Waals surface area contributed by atoms with Crippen LogP contribution in [-0.4, -0.2) is 69.4 Å². The minimum absolute atomic E-state index is 0. The van der Waals surface area contributed by atoms with Gasteiger partial charge in [0.15, 0.2) is 5.13 Å². The van der Waals surface area contributed by atoms with Crippen molar-refractivity contribution >= 4 is 45.0 Å². The Bertz CT molecular complexity index is 1010. The molecular weight excluding hydrogens is 438 g/mol. The number of anilines is 1. The molecule has 1 aromatic heterocycles. The van der Waals surface area contributed by atoms with Gasteiger partial charge >= 0.3 is 0 Å². The van der Waals surface area contributed by atoms with E-state index < -0.39 is 0 Å². The minimum atomic E-state index is -0.0723. The number of aromatic nitrogens is 1. The molecule has 0 spiro atoms. The molecule has 166 valence electrons. The predicted octanol–water partition coefficient (Wildman–Crippen LogP) is 3.71. The van der Waals surface area contributed by atoms with Crippen molar-refractivity contribution in [3.05, 3.63) is 48.0 Å². The average molecular weight is 464 g/mol. The van der Waals surface area contributed by atoms with Crippen LogP contribution in [0.4, 0.5) is 5.13 Å². The van der Waals surface area contributed by atoms with E-state index in [1.54, 1.807) is 43.4 Å². The Morgan fingerprint density at radius 1 is 1.10 bits per heavy atom. The summed E-state index contributed by atoms with van der Waals surface area (Å²) in [7, 11) is 3.25. The van der Waals surface area contributed by atoms with Crippen LogP contribution in [0.1, 0.15) is 10.4 Å². The lowest BCUT2D eigenvalue weighted by molar-refractivity contribution is 0.0391. The summed E-state index contributed by atoms with van der Waals surface area (Å²) in [5.41, 5.74) is 1.43. The Morgan fingerprint density at radius 3 is 2.45 bits per heavy atom. The normalized spacial score (nSPS) is 14.1. The first-order valence-electron chi connectivity index (χ1n) is 9.88. The first kappa shape index (κ1) is 23.3. The molecule has 7 nitrogen and oxygen atoms in total. The van der Waals surface area contributed by atoms with E-state index in [0.717, 1.165) is 54.6 Å². The van der Waals surface area contributed by atoms with Crippen LogP contribution < -0.4 is 14.4 Å². The van der Waals surface area contributed by atoms with Gasteiger partial charge in [-0.25, -0.2) is 4.98 Å². The molecule has 2 aromatic carbocycles. The molecule has 9 heteroatoms. The number of amides is 1. The van der Waals surface area contributed by atoms with E-state index in [0.29, 0.717) is 17.2 Å². The number of methoxy groups -OCH3 is 2. The first-order chi connectivity index (χ1) is 14.7. The SMILES string of the molecule is COc1ccc(C(=O)N(CCN2CCOCC2)c2nc3cc(OC)ccc3s2)cc1.Cl.